The molecule has 21 heavy (non-hydrogen) atoms. The van der Waals surface area contributed by atoms with Gasteiger partial charge in [0.1, 0.15) is 11.6 Å². The van der Waals surface area contributed by atoms with E-state index in [1.807, 2.05) is 13.0 Å². The molecule has 0 aliphatic heterocycles. The lowest BCUT2D eigenvalue weighted by molar-refractivity contribution is -0.117. The molecule has 0 aliphatic rings. The fraction of sp³-hybridized carbons (Fsp3) is 0.333. The molecule has 1 aromatic carbocycles. The molecule has 0 unspecified atom stereocenters. The lowest BCUT2D eigenvalue weighted by atomic mass is 10.1. The summed E-state index contributed by atoms with van der Waals surface area (Å²) in [7, 11) is 0. The van der Waals surface area contributed by atoms with E-state index in [-0.39, 0.29) is 5.57 Å². The molecule has 1 rings (SSSR count). The normalized spacial score (nSPS) is 11.0. The second-order valence-electron chi connectivity index (χ2n) is 4.14. The quantitative estimate of drug-likeness (QED) is 0.474. The number of nitriles is 1. The molecule has 0 saturated carbocycles. The molecule has 1 aromatic rings. The number of rotatable bonds is 7. The molecule has 0 atom stereocenters. The van der Waals surface area contributed by atoms with E-state index in [2.05, 4.69) is 5.32 Å². The number of amides is 1. The van der Waals surface area contributed by atoms with Gasteiger partial charge in [0.05, 0.1) is 0 Å². The third-order valence-electron chi connectivity index (χ3n) is 2.58. The Kier molecular flexibility index (Phi) is 7.84. The summed E-state index contributed by atoms with van der Waals surface area (Å²) in [6, 6.07) is 6.73. The van der Waals surface area contributed by atoms with E-state index < -0.39 is 5.91 Å². The van der Waals surface area contributed by atoms with Gasteiger partial charge in [0.15, 0.2) is 0 Å². The minimum atomic E-state index is -0.431. The van der Waals surface area contributed by atoms with Crippen LogP contribution in [-0.2, 0) is 9.53 Å². The third-order valence-corrected chi connectivity index (χ3v) is 3.14. The maximum atomic E-state index is 11.9. The smallest absolute Gasteiger partial charge is 0.261 e. The number of halogens is 2. The molecule has 1 amide bonds. The van der Waals surface area contributed by atoms with E-state index in [1.54, 1.807) is 18.2 Å². The Labute approximate surface area is 134 Å². The highest BCUT2D eigenvalue weighted by Crippen LogP contribution is 2.23. The summed E-state index contributed by atoms with van der Waals surface area (Å²) in [6.07, 6.45) is 2.14. The molecule has 4 nitrogen and oxygen atoms in total. The predicted octanol–water partition coefficient (Wildman–Crippen LogP) is 3.44. The number of hydrogen-bond acceptors (Lipinski definition) is 3. The van der Waals surface area contributed by atoms with Crippen LogP contribution in [0, 0.1) is 11.3 Å². The molecule has 112 valence electrons. The van der Waals surface area contributed by atoms with Gasteiger partial charge in [0.2, 0.25) is 0 Å². The largest absolute Gasteiger partial charge is 0.382 e. The van der Waals surface area contributed by atoms with Crippen molar-refractivity contribution >= 4 is 35.2 Å². The lowest BCUT2D eigenvalue weighted by Crippen LogP contribution is -2.26. The van der Waals surface area contributed by atoms with Crippen molar-refractivity contribution in [1.82, 2.24) is 5.32 Å². The van der Waals surface area contributed by atoms with Gasteiger partial charge in [-0.05, 0) is 37.1 Å². The molecule has 0 heterocycles. The predicted molar refractivity (Wildman–Crippen MR) is 84.2 cm³/mol. The van der Waals surface area contributed by atoms with Crippen LogP contribution in [-0.4, -0.2) is 25.7 Å². The Hall–Kier alpha value is -1.54. The summed E-state index contributed by atoms with van der Waals surface area (Å²) < 4.78 is 5.16. The molecule has 0 fully saturated rings. The van der Waals surface area contributed by atoms with Crippen LogP contribution in [0.1, 0.15) is 18.9 Å². The second kappa shape index (κ2) is 9.41. The third kappa shape index (κ3) is 6.17. The van der Waals surface area contributed by atoms with Crippen molar-refractivity contribution in [2.75, 3.05) is 19.8 Å². The monoisotopic (exact) mass is 326 g/mol. The summed E-state index contributed by atoms with van der Waals surface area (Å²) in [5.41, 5.74) is 0.567. The van der Waals surface area contributed by atoms with Crippen molar-refractivity contribution in [2.45, 2.75) is 13.3 Å². The first-order valence-electron chi connectivity index (χ1n) is 6.51. The number of hydrogen-bond donors (Lipinski definition) is 1. The maximum absolute atomic E-state index is 11.9. The molecule has 0 aliphatic carbocycles. The second-order valence-corrected chi connectivity index (χ2v) is 4.99. The first kappa shape index (κ1) is 17.5. The highest BCUT2D eigenvalue weighted by Gasteiger charge is 2.09. The van der Waals surface area contributed by atoms with Crippen molar-refractivity contribution in [1.29, 1.82) is 5.26 Å². The van der Waals surface area contributed by atoms with Crippen molar-refractivity contribution in [3.63, 3.8) is 0 Å². The van der Waals surface area contributed by atoms with Gasteiger partial charge < -0.3 is 10.1 Å². The number of benzene rings is 1. The summed E-state index contributed by atoms with van der Waals surface area (Å²) in [6.45, 7) is 3.58. The Morgan fingerprint density at radius 1 is 1.48 bits per heavy atom. The number of ether oxygens (including phenoxy) is 1. The average Bonchev–Trinajstić information content (AvgIpc) is 2.46. The van der Waals surface area contributed by atoms with Gasteiger partial charge in [-0.2, -0.15) is 5.26 Å². The zero-order valence-corrected chi connectivity index (χ0v) is 13.2. The van der Waals surface area contributed by atoms with Gasteiger partial charge in [-0.3, -0.25) is 4.79 Å². The number of carbonyl (C=O) groups excluding carboxylic acids is 1. The van der Waals surface area contributed by atoms with Gasteiger partial charge in [-0.25, -0.2) is 0 Å². The first-order valence-corrected chi connectivity index (χ1v) is 7.27. The van der Waals surface area contributed by atoms with E-state index in [0.717, 1.165) is 0 Å². The molecular formula is C15H16Cl2N2O2. The van der Waals surface area contributed by atoms with Gasteiger partial charge in [-0.1, -0.05) is 29.3 Å². The fourth-order valence-electron chi connectivity index (χ4n) is 1.54. The van der Waals surface area contributed by atoms with Crippen LogP contribution in [0.3, 0.4) is 0 Å². The number of carbonyl (C=O) groups is 1. The minimum Gasteiger partial charge on any atom is -0.382 e. The molecule has 0 bridgehead atoms. The van der Waals surface area contributed by atoms with E-state index in [0.29, 0.717) is 41.8 Å². The van der Waals surface area contributed by atoms with Gasteiger partial charge >= 0.3 is 0 Å². The van der Waals surface area contributed by atoms with Crippen LogP contribution >= 0.6 is 23.2 Å². The van der Waals surface area contributed by atoms with Crippen LogP contribution in [0.4, 0.5) is 0 Å². The van der Waals surface area contributed by atoms with E-state index in [1.165, 1.54) is 6.08 Å². The summed E-state index contributed by atoms with van der Waals surface area (Å²) >= 11 is 11.8. The molecule has 6 heteroatoms. The van der Waals surface area contributed by atoms with Gasteiger partial charge in [-0.15, -0.1) is 0 Å². The van der Waals surface area contributed by atoms with Crippen molar-refractivity contribution in [2.24, 2.45) is 0 Å². The minimum absolute atomic E-state index is 0.00404. The Morgan fingerprint density at radius 3 is 2.86 bits per heavy atom. The van der Waals surface area contributed by atoms with Crippen LogP contribution < -0.4 is 5.32 Å². The Morgan fingerprint density at radius 2 is 2.24 bits per heavy atom. The van der Waals surface area contributed by atoms with Crippen LogP contribution in [0.25, 0.3) is 6.08 Å². The van der Waals surface area contributed by atoms with Crippen LogP contribution in [0.5, 0.6) is 0 Å². The van der Waals surface area contributed by atoms with E-state index >= 15 is 0 Å². The fourth-order valence-corrected chi connectivity index (χ4v) is 2.00. The Balaban J connectivity index is 2.67. The van der Waals surface area contributed by atoms with Crippen molar-refractivity contribution < 1.29 is 9.53 Å². The van der Waals surface area contributed by atoms with Gasteiger partial charge in [0.25, 0.3) is 5.91 Å². The molecule has 1 N–H and O–H groups in total. The summed E-state index contributed by atoms with van der Waals surface area (Å²) in [4.78, 5) is 11.9. The summed E-state index contributed by atoms with van der Waals surface area (Å²) in [5, 5.41) is 12.6. The van der Waals surface area contributed by atoms with Crippen LogP contribution in [0.15, 0.2) is 23.8 Å². The average molecular weight is 327 g/mol. The standard InChI is InChI=1S/C15H16Cl2N2O2/c1-2-21-7-3-6-19-15(20)12(10-18)8-11-4-5-13(16)9-14(11)17/h4-5,8-9H,2-3,6-7H2,1H3,(H,19,20)/b12-8+. The molecule has 0 aromatic heterocycles. The molecule has 0 radical (unpaired) electrons. The Bertz CT molecular complexity index is 565. The number of nitrogens with zero attached hydrogens (tertiary/aromatic N) is 1. The van der Waals surface area contributed by atoms with E-state index in [4.69, 9.17) is 33.2 Å². The molecular weight excluding hydrogens is 311 g/mol. The van der Waals surface area contributed by atoms with E-state index in [9.17, 15) is 4.79 Å². The van der Waals surface area contributed by atoms with Crippen LogP contribution in [0.2, 0.25) is 10.0 Å². The summed E-state index contributed by atoms with van der Waals surface area (Å²) in [5.74, 6) is -0.431. The van der Waals surface area contributed by atoms with Crippen molar-refractivity contribution in [3.8, 4) is 6.07 Å². The highest BCUT2D eigenvalue weighted by atomic mass is 35.5. The molecule has 0 spiro atoms. The molecule has 0 saturated heterocycles. The topological polar surface area (TPSA) is 62.1 Å². The zero-order chi connectivity index (χ0) is 15.7. The maximum Gasteiger partial charge on any atom is 0.261 e. The lowest BCUT2D eigenvalue weighted by Gasteiger charge is -2.05. The highest BCUT2D eigenvalue weighted by molar-refractivity contribution is 6.35. The van der Waals surface area contributed by atoms with Gasteiger partial charge in [0, 0.05) is 29.8 Å². The first-order chi connectivity index (χ1) is 10.1. The zero-order valence-electron chi connectivity index (χ0n) is 11.7. The van der Waals surface area contributed by atoms with Crippen molar-refractivity contribution in [3.05, 3.63) is 39.4 Å². The SMILES string of the molecule is CCOCCCNC(=O)/C(C#N)=C/c1ccc(Cl)cc1Cl. The number of nitrogens with one attached hydrogen (secondary N) is 1.